The Morgan fingerprint density at radius 3 is 2.57 bits per heavy atom. The summed E-state index contributed by atoms with van der Waals surface area (Å²) < 4.78 is 25.5. The number of aromatic nitrogens is 1. The standard InChI is InChI=1S/C7H6F2N2O3/c8-7(9,4-12)6-2-1-5(3-10-6)11(13)14/h1-3,12H,4H2. The zero-order valence-corrected chi connectivity index (χ0v) is 6.85. The van der Waals surface area contributed by atoms with Gasteiger partial charge in [0.1, 0.15) is 18.5 Å². The second-order valence-electron chi connectivity index (χ2n) is 2.52. The van der Waals surface area contributed by atoms with Gasteiger partial charge in [-0.1, -0.05) is 0 Å². The topological polar surface area (TPSA) is 76.3 Å². The van der Waals surface area contributed by atoms with E-state index in [9.17, 15) is 18.9 Å². The molecule has 0 atom stereocenters. The SMILES string of the molecule is O=[N+]([O-])c1ccc(C(F)(F)CO)nc1. The lowest BCUT2D eigenvalue weighted by Crippen LogP contribution is -2.19. The molecule has 14 heavy (non-hydrogen) atoms. The first kappa shape index (κ1) is 10.5. The number of hydrogen-bond donors (Lipinski definition) is 1. The highest BCUT2D eigenvalue weighted by Gasteiger charge is 2.32. The second-order valence-corrected chi connectivity index (χ2v) is 2.52. The van der Waals surface area contributed by atoms with Gasteiger partial charge in [-0.05, 0) is 6.07 Å². The molecule has 0 spiro atoms. The predicted octanol–water partition coefficient (Wildman–Crippen LogP) is 1.07. The number of nitro groups is 1. The van der Waals surface area contributed by atoms with E-state index in [4.69, 9.17) is 5.11 Å². The zero-order valence-electron chi connectivity index (χ0n) is 6.85. The molecule has 0 aliphatic heterocycles. The molecule has 0 fully saturated rings. The normalized spacial score (nSPS) is 11.4. The van der Waals surface area contributed by atoms with Crippen LogP contribution in [0, 0.1) is 10.1 Å². The number of halogens is 2. The van der Waals surface area contributed by atoms with Crippen LogP contribution in [0.25, 0.3) is 0 Å². The van der Waals surface area contributed by atoms with Crippen LogP contribution >= 0.6 is 0 Å². The fourth-order valence-electron chi connectivity index (χ4n) is 0.791. The summed E-state index contributed by atoms with van der Waals surface area (Å²) in [5.74, 6) is -3.46. The van der Waals surface area contributed by atoms with Crippen molar-refractivity contribution in [2.75, 3.05) is 6.61 Å². The molecule has 0 aliphatic carbocycles. The average Bonchev–Trinajstić information content (AvgIpc) is 2.18. The third-order valence-electron chi connectivity index (χ3n) is 1.53. The van der Waals surface area contributed by atoms with Crippen LogP contribution in [0.5, 0.6) is 0 Å². The Hall–Kier alpha value is -1.63. The van der Waals surface area contributed by atoms with Crippen molar-refractivity contribution in [1.29, 1.82) is 0 Å². The van der Waals surface area contributed by atoms with Crippen molar-refractivity contribution in [3.63, 3.8) is 0 Å². The second kappa shape index (κ2) is 3.62. The fourth-order valence-corrected chi connectivity index (χ4v) is 0.791. The number of hydrogen-bond acceptors (Lipinski definition) is 4. The van der Waals surface area contributed by atoms with Crippen molar-refractivity contribution >= 4 is 5.69 Å². The largest absolute Gasteiger partial charge is 0.390 e. The number of alkyl halides is 2. The molecule has 0 aromatic carbocycles. The van der Waals surface area contributed by atoms with E-state index in [1.54, 1.807) is 0 Å². The van der Waals surface area contributed by atoms with Crippen molar-refractivity contribution in [2.24, 2.45) is 0 Å². The maximum atomic E-state index is 12.7. The molecule has 1 aromatic rings. The molecular formula is C7H6F2N2O3. The van der Waals surface area contributed by atoms with Crippen LogP contribution in [0.15, 0.2) is 18.3 Å². The summed E-state index contributed by atoms with van der Waals surface area (Å²) in [4.78, 5) is 12.6. The molecule has 1 rings (SSSR count). The molecule has 0 amide bonds. The van der Waals surface area contributed by atoms with Gasteiger partial charge in [0.25, 0.3) is 5.69 Å². The molecule has 0 saturated carbocycles. The highest BCUT2D eigenvalue weighted by atomic mass is 19.3. The van der Waals surface area contributed by atoms with E-state index in [-0.39, 0.29) is 5.69 Å². The van der Waals surface area contributed by atoms with Gasteiger partial charge >= 0.3 is 5.92 Å². The molecular weight excluding hydrogens is 198 g/mol. The fraction of sp³-hybridized carbons (Fsp3) is 0.286. The Balaban J connectivity index is 2.99. The van der Waals surface area contributed by atoms with Gasteiger partial charge in [0, 0.05) is 6.07 Å². The lowest BCUT2D eigenvalue weighted by atomic mass is 10.2. The van der Waals surface area contributed by atoms with Crippen LogP contribution in [0.2, 0.25) is 0 Å². The van der Waals surface area contributed by atoms with Gasteiger partial charge in [-0.25, -0.2) is 4.98 Å². The molecule has 0 saturated heterocycles. The van der Waals surface area contributed by atoms with Crippen LogP contribution in [-0.2, 0) is 5.92 Å². The quantitative estimate of drug-likeness (QED) is 0.590. The third-order valence-corrected chi connectivity index (χ3v) is 1.53. The van der Waals surface area contributed by atoms with Crippen LogP contribution < -0.4 is 0 Å². The molecule has 0 unspecified atom stereocenters. The lowest BCUT2D eigenvalue weighted by Gasteiger charge is -2.11. The summed E-state index contributed by atoms with van der Waals surface area (Å²) in [6.45, 7) is -1.38. The van der Waals surface area contributed by atoms with E-state index in [1.165, 1.54) is 0 Å². The van der Waals surface area contributed by atoms with Gasteiger partial charge in [-0.3, -0.25) is 10.1 Å². The molecule has 1 N–H and O–H groups in total. The molecule has 1 aromatic heterocycles. The summed E-state index contributed by atoms with van der Waals surface area (Å²) in [5, 5.41) is 18.5. The van der Waals surface area contributed by atoms with Crippen molar-refractivity contribution in [3.05, 3.63) is 34.1 Å². The van der Waals surface area contributed by atoms with Gasteiger partial charge in [-0.15, -0.1) is 0 Å². The monoisotopic (exact) mass is 204 g/mol. The Labute approximate surface area is 77.2 Å². The maximum Gasteiger partial charge on any atom is 0.312 e. The smallest absolute Gasteiger partial charge is 0.312 e. The van der Waals surface area contributed by atoms with E-state index in [0.29, 0.717) is 0 Å². The minimum Gasteiger partial charge on any atom is -0.390 e. The third kappa shape index (κ3) is 1.99. The van der Waals surface area contributed by atoms with E-state index in [2.05, 4.69) is 4.98 Å². The van der Waals surface area contributed by atoms with Crippen LogP contribution in [0.3, 0.4) is 0 Å². The summed E-state index contributed by atoms with van der Waals surface area (Å²) >= 11 is 0. The van der Waals surface area contributed by atoms with Crippen molar-refractivity contribution in [2.45, 2.75) is 5.92 Å². The minimum absolute atomic E-state index is 0.373. The Morgan fingerprint density at radius 2 is 2.21 bits per heavy atom. The van der Waals surface area contributed by atoms with Crippen LogP contribution in [0.4, 0.5) is 14.5 Å². The first-order valence-corrected chi connectivity index (χ1v) is 3.57. The van der Waals surface area contributed by atoms with Gasteiger partial charge in [0.2, 0.25) is 0 Å². The van der Waals surface area contributed by atoms with E-state index in [1.807, 2.05) is 0 Å². The Morgan fingerprint density at radius 1 is 1.57 bits per heavy atom. The average molecular weight is 204 g/mol. The van der Waals surface area contributed by atoms with Gasteiger partial charge < -0.3 is 5.11 Å². The molecule has 1 heterocycles. The molecule has 7 heteroatoms. The van der Waals surface area contributed by atoms with Crippen LogP contribution in [0.1, 0.15) is 5.69 Å². The molecule has 0 aliphatic rings. The number of pyridine rings is 1. The summed E-state index contributed by atoms with van der Waals surface area (Å²) in [6.07, 6.45) is 0.721. The van der Waals surface area contributed by atoms with E-state index < -0.39 is 23.1 Å². The lowest BCUT2D eigenvalue weighted by molar-refractivity contribution is -0.385. The van der Waals surface area contributed by atoms with Gasteiger partial charge in [0.15, 0.2) is 0 Å². The number of rotatable bonds is 3. The minimum atomic E-state index is -3.46. The molecule has 76 valence electrons. The summed E-state index contributed by atoms with van der Waals surface area (Å²) in [5.41, 5.74) is -1.06. The Kier molecular flexibility index (Phi) is 2.70. The molecule has 5 nitrogen and oxygen atoms in total. The van der Waals surface area contributed by atoms with Crippen molar-refractivity contribution in [3.8, 4) is 0 Å². The molecule has 0 radical (unpaired) electrons. The first-order chi connectivity index (χ1) is 6.47. The first-order valence-electron chi connectivity index (χ1n) is 3.57. The highest BCUT2D eigenvalue weighted by molar-refractivity contribution is 5.28. The number of aliphatic hydroxyl groups is 1. The van der Waals surface area contributed by atoms with Crippen molar-refractivity contribution in [1.82, 2.24) is 4.98 Å². The van der Waals surface area contributed by atoms with Gasteiger partial charge in [-0.2, -0.15) is 8.78 Å². The number of nitrogens with zero attached hydrogens (tertiary/aromatic N) is 2. The maximum absolute atomic E-state index is 12.7. The zero-order chi connectivity index (χ0) is 10.8. The number of aliphatic hydroxyl groups excluding tert-OH is 1. The van der Waals surface area contributed by atoms with E-state index >= 15 is 0 Å². The van der Waals surface area contributed by atoms with Crippen LogP contribution in [-0.4, -0.2) is 21.6 Å². The summed E-state index contributed by atoms with van der Waals surface area (Å²) in [7, 11) is 0. The highest BCUT2D eigenvalue weighted by Crippen LogP contribution is 2.26. The summed E-state index contributed by atoms with van der Waals surface area (Å²) in [6, 6.07) is 1.72. The van der Waals surface area contributed by atoms with E-state index in [0.717, 1.165) is 18.3 Å². The molecule has 0 bridgehead atoms. The Bertz CT molecular complexity index is 339. The van der Waals surface area contributed by atoms with Gasteiger partial charge in [0.05, 0.1) is 4.92 Å². The predicted molar refractivity (Wildman–Crippen MR) is 41.9 cm³/mol. The van der Waals surface area contributed by atoms with Crippen molar-refractivity contribution < 1.29 is 18.8 Å².